The van der Waals surface area contributed by atoms with Gasteiger partial charge >= 0.3 is 6.18 Å². The van der Waals surface area contributed by atoms with Crippen molar-refractivity contribution in [2.45, 2.75) is 25.6 Å². The summed E-state index contributed by atoms with van der Waals surface area (Å²) < 4.78 is 39.5. The highest BCUT2D eigenvalue weighted by molar-refractivity contribution is 9.10. The number of nitrogens with zero attached hydrogens (tertiary/aromatic N) is 2. The fourth-order valence-electron chi connectivity index (χ4n) is 2.52. The van der Waals surface area contributed by atoms with Crippen LogP contribution in [0.2, 0.25) is 0 Å². The maximum atomic E-state index is 12.9. The van der Waals surface area contributed by atoms with Crippen molar-refractivity contribution in [3.05, 3.63) is 22.3 Å². The summed E-state index contributed by atoms with van der Waals surface area (Å²) in [6.45, 7) is 1.20. The van der Waals surface area contributed by atoms with Crippen LogP contribution in [0.4, 0.5) is 19.0 Å². The molecule has 1 fully saturated rings. The number of halogens is 4. The van der Waals surface area contributed by atoms with E-state index in [-0.39, 0.29) is 13.0 Å². The lowest BCUT2D eigenvalue weighted by atomic mass is 9.97. The molecule has 1 saturated heterocycles. The molecule has 0 radical (unpaired) electrons. The molecule has 1 unspecified atom stereocenters. The third-order valence-corrected chi connectivity index (χ3v) is 3.89. The van der Waals surface area contributed by atoms with Crippen molar-refractivity contribution in [2.75, 3.05) is 25.0 Å². The molecule has 20 heavy (non-hydrogen) atoms. The van der Waals surface area contributed by atoms with Crippen LogP contribution in [-0.2, 0) is 6.54 Å². The first-order valence-corrected chi connectivity index (χ1v) is 7.32. The number of alkyl halides is 3. The first-order valence-electron chi connectivity index (χ1n) is 6.52. The van der Waals surface area contributed by atoms with E-state index in [4.69, 9.17) is 0 Å². The van der Waals surface area contributed by atoms with Crippen molar-refractivity contribution in [3.8, 4) is 0 Å². The second kappa shape index (κ2) is 6.30. The number of pyridine rings is 1. The summed E-state index contributed by atoms with van der Waals surface area (Å²) >= 11 is 3.35. The molecule has 1 aromatic rings. The monoisotopic (exact) mass is 351 g/mol. The lowest BCUT2D eigenvalue weighted by Crippen LogP contribution is -2.42. The zero-order chi connectivity index (χ0) is 14.8. The second-order valence-corrected chi connectivity index (χ2v) is 5.91. The number of rotatable bonds is 3. The van der Waals surface area contributed by atoms with Gasteiger partial charge in [0.05, 0.1) is 5.92 Å². The van der Waals surface area contributed by atoms with Crippen LogP contribution >= 0.6 is 15.9 Å². The Morgan fingerprint density at radius 3 is 2.90 bits per heavy atom. The summed E-state index contributed by atoms with van der Waals surface area (Å²) in [4.78, 5) is 6.06. The Labute approximate surface area is 124 Å². The Morgan fingerprint density at radius 1 is 1.50 bits per heavy atom. The molecule has 0 aromatic carbocycles. The second-order valence-electron chi connectivity index (χ2n) is 4.99. The maximum Gasteiger partial charge on any atom is 0.393 e. The van der Waals surface area contributed by atoms with E-state index in [0.717, 1.165) is 10.0 Å². The number of anilines is 1. The highest BCUT2D eigenvalue weighted by Crippen LogP contribution is 2.35. The van der Waals surface area contributed by atoms with Crippen LogP contribution in [0.15, 0.2) is 16.7 Å². The minimum Gasteiger partial charge on any atom is -0.356 e. The third kappa shape index (κ3) is 3.63. The largest absolute Gasteiger partial charge is 0.393 e. The molecular formula is C13H17BrF3N3. The van der Waals surface area contributed by atoms with Gasteiger partial charge < -0.3 is 10.2 Å². The van der Waals surface area contributed by atoms with Gasteiger partial charge in [0.2, 0.25) is 0 Å². The summed E-state index contributed by atoms with van der Waals surface area (Å²) in [6, 6.07) is 1.90. The van der Waals surface area contributed by atoms with Crippen LogP contribution in [0.25, 0.3) is 0 Å². The van der Waals surface area contributed by atoms with Gasteiger partial charge in [0.25, 0.3) is 0 Å². The fourth-order valence-corrected chi connectivity index (χ4v) is 2.89. The van der Waals surface area contributed by atoms with E-state index in [1.54, 1.807) is 18.1 Å². The Morgan fingerprint density at radius 2 is 2.25 bits per heavy atom. The van der Waals surface area contributed by atoms with E-state index in [2.05, 4.69) is 26.2 Å². The van der Waals surface area contributed by atoms with E-state index in [1.807, 2.05) is 6.07 Å². The molecule has 0 spiro atoms. The fraction of sp³-hybridized carbons (Fsp3) is 0.615. The molecule has 3 nitrogen and oxygen atoms in total. The van der Waals surface area contributed by atoms with Crippen molar-refractivity contribution < 1.29 is 13.2 Å². The molecule has 1 aromatic heterocycles. The van der Waals surface area contributed by atoms with Crippen molar-refractivity contribution in [2.24, 2.45) is 5.92 Å². The van der Waals surface area contributed by atoms with Crippen LogP contribution in [0.3, 0.4) is 0 Å². The van der Waals surface area contributed by atoms with Gasteiger partial charge in [0.1, 0.15) is 5.82 Å². The lowest BCUT2D eigenvalue weighted by Gasteiger charge is -2.35. The predicted molar refractivity (Wildman–Crippen MR) is 75.7 cm³/mol. The minimum atomic E-state index is -4.13. The molecule has 0 amide bonds. The number of hydrogen-bond donors (Lipinski definition) is 1. The average Bonchev–Trinajstić information content (AvgIpc) is 2.38. The SMILES string of the molecule is CNCc1cc(Br)cnc1N1CCCC(C(F)(F)F)C1. The topological polar surface area (TPSA) is 28.2 Å². The summed E-state index contributed by atoms with van der Waals surface area (Å²) in [5, 5.41) is 3.02. The Hall–Kier alpha value is -0.820. The van der Waals surface area contributed by atoms with E-state index < -0.39 is 12.1 Å². The van der Waals surface area contributed by atoms with Crippen LogP contribution < -0.4 is 10.2 Å². The summed E-state index contributed by atoms with van der Waals surface area (Å²) in [5.41, 5.74) is 0.907. The predicted octanol–water partition coefficient (Wildman–Crippen LogP) is 3.34. The molecule has 1 aliphatic rings. The van der Waals surface area contributed by atoms with Crippen molar-refractivity contribution >= 4 is 21.7 Å². The molecule has 1 aliphatic heterocycles. The third-order valence-electron chi connectivity index (χ3n) is 3.46. The van der Waals surface area contributed by atoms with Crippen molar-refractivity contribution in [3.63, 3.8) is 0 Å². The molecule has 0 bridgehead atoms. The zero-order valence-electron chi connectivity index (χ0n) is 11.2. The molecule has 0 saturated carbocycles. The number of piperidine rings is 1. The van der Waals surface area contributed by atoms with Gasteiger partial charge in [-0.25, -0.2) is 4.98 Å². The van der Waals surface area contributed by atoms with Crippen molar-refractivity contribution in [1.29, 1.82) is 0 Å². The van der Waals surface area contributed by atoms with E-state index >= 15 is 0 Å². The molecular weight excluding hydrogens is 335 g/mol. The summed E-state index contributed by atoms with van der Waals surface area (Å²) in [6.07, 6.45) is -1.75. The molecule has 2 rings (SSSR count). The molecule has 7 heteroatoms. The quantitative estimate of drug-likeness (QED) is 0.905. The molecule has 112 valence electrons. The van der Waals surface area contributed by atoms with Crippen LogP contribution in [-0.4, -0.2) is 31.3 Å². The van der Waals surface area contributed by atoms with Crippen molar-refractivity contribution in [1.82, 2.24) is 10.3 Å². The molecule has 1 atom stereocenters. The minimum absolute atomic E-state index is 0.00511. The maximum absolute atomic E-state index is 12.9. The van der Waals surface area contributed by atoms with E-state index in [9.17, 15) is 13.2 Å². The van der Waals surface area contributed by atoms with Gasteiger partial charge in [-0.3, -0.25) is 0 Å². The Kier molecular flexibility index (Phi) is 4.90. The Balaban J connectivity index is 2.22. The summed E-state index contributed by atoms with van der Waals surface area (Å²) in [5.74, 6) is -0.611. The number of nitrogens with one attached hydrogen (secondary N) is 1. The van der Waals surface area contributed by atoms with Gasteiger partial charge in [-0.2, -0.15) is 13.2 Å². The summed E-state index contributed by atoms with van der Waals surface area (Å²) in [7, 11) is 1.80. The van der Waals surface area contributed by atoms with Gasteiger partial charge in [-0.1, -0.05) is 0 Å². The molecule has 0 aliphatic carbocycles. The van der Waals surface area contributed by atoms with Crippen LogP contribution in [0.1, 0.15) is 18.4 Å². The standard InChI is InChI=1S/C13H17BrF3N3/c1-18-6-9-5-11(14)7-19-12(9)20-4-2-3-10(8-20)13(15,16)17/h5,7,10,18H,2-4,6,8H2,1H3. The zero-order valence-corrected chi connectivity index (χ0v) is 12.8. The van der Waals surface area contributed by atoms with Gasteiger partial charge in [-0.15, -0.1) is 0 Å². The van der Waals surface area contributed by atoms with E-state index in [0.29, 0.717) is 25.3 Å². The number of aromatic nitrogens is 1. The smallest absolute Gasteiger partial charge is 0.356 e. The Bertz CT molecular complexity index is 465. The highest BCUT2D eigenvalue weighted by atomic mass is 79.9. The van der Waals surface area contributed by atoms with E-state index in [1.165, 1.54) is 0 Å². The molecule has 1 N–H and O–H groups in total. The average molecular weight is 352 g/mol. The van der Waals surface area contributed by atoms with Crippen LogP contribution in [0, 0.1) is 5.92 Å². The van der Waals surface area contributed by atoms with Gasteiger partial charge in [0.15, 0.2) is 0 Å². The van der Waals surface area contributed by atoms with Gasteiger partial charge in [0, 0.05) is 35.9 Å². The molecule has 2 heterocycles. The highest BCUT2D eigenvalue weighted by Gasteiger charge is 2.42. The normalized spacial score (nSPS) is 20.2. The van der Waals surface area contributed by atoms with Crippen LogP contribution in [0.5, 0.6) is 0 Å². The first-order chi connectivity index (χ1) is 9.41. The first kappa shape index (κ1) is 15.6. The lowest BCUT2D eigenvalue weighted by molar-refractivity contribution is -0.176. The van der Waals surface area contributed by atoms with Gasteiger partial charge in [-0.05, 0) is 41.9 Å². The number of hydrogen-bond acceptors (Lipinski definition) is 3.